The number of anilines is 1. The Labute approximate surface area is 194 Å². The predicted molar refractivity (Wildman–Crippen MR) is 120 cm³/mol. The molecule has 0 fully saturated rings. The van der Waals surface area contributed by atoms with Gasteiger partial charge in [0.05, 0.1) is 30.0 Å². The van der Waals surface area contributed by atoms with Crippen LogP contribution in [0, 0.1) is 0 Å². The smallest absolute Gasteiger partial charge is 0.435 e. The Morgan fingerprint density at radius 1 is 1.09 bits per heavy atom. The maximum atomic E-state index is 13.7. The van der Waals surface area contributed by atoms with E-state index in [9.17, 15) is 22.8 Å². The molecule has 10 heteroatoms. The number of carbonyl (C=O) groups excluding carboxylic acids is 1. The van der Waals surface area contributed by atoms with Gasteiger partial charge in [-0.25, -0.2) is 4.79 Å². The van der Waals surface area contributed by atoms with Gasteiger partial charge in [-0.05, 0) is 61.4 Å². The molecule has 7 nitrogen and oxygen atoms in total. The molecule has 34 heavy (non-hydrogen) atoms. The number of benzene rings is 2. The number of unbranched alkanes of at least 4 members (excludes halogenated alkanes) is 1. The second-order valence-corrected chi connectivity index (χ2v) is 7.31. The lowest BCUT2D eigenvalue weighted by Crippen LogP contribution is -2.25. The number of hydrazone groups is 1. The molecule has 0 unspecified atom stereocenters. The van der Waals surface area contributed by atoms with Crippen LogP contribution < -0.4 is 14.5 Å². The van der Waals surface area contributed by atoms with E-state index in [0.29, 0.717) is 35.3 Å². The average Bonchev–Trinajstić information content (AvgIpc) is 3.12. The predicted octanol–water partition coefficient (Wildman–Crippen LogP) is 5.31. The van der Waals surface area contributed by atoms with E-state index in [4.69, 9.17) is 14.6 Å². The van der Waals surface area contributed by atoms with E-state index in [0.717, 1.165) is 18.9 Å². The third kappa shape index (κ3) is 5.56. The molecule has 0 radical (unpaired) electrons. The normalized spacial score (nSPS) is 15.0. The summed E-state index contributed by atoms with van der Waals surface area (Å²) >= 11 is 0. The van der Waals surface area contributed by atoms with Crippen molar-refractivity contribution in [3.63, 3.8) is 0 Å². The van der Waals surface area contributed by atoms with Crippen molar-refractivity contribution in [1.29, 1.82) is 0 Å². The Morgan fingerprint density at radius 3 is 2.38 bits per heavy atom. The number of hydrogen-bond donors (Lipinski definition) is 1. The van der Waals surface area contributed by atoms with Gasteiger partial charge in [-0.1, -0.05) is 19.4 Å². The molecule has 2 aromatic rings. The Bertz CT molecular complexity index is 1120. The molecule has 0 saturated carbocycles. The van der Waals surface area contributed by atoms with Gasteiger partial charge in [0.15, 0.2) is 17.2 Å². The van der Waals surface area contributed by atoms with Gasteiger partial charge in [0.1, 0.15) is 0 Å². The number of carbonyl (C=O) groups is 2. The Morgan fingerprint density at radius 2 is 1.79 bits per heavy atom. The van der Waals surface area contributed by atoms with Crippen LogP contribution in [0.15, 0.2) is 53.1 Å². The largest absolute Gasteiger partial charge is 0.490 e. The minimum atomic E-state index is -4.89. The maximum Gasteiger partial charge on any atom is 0.435 e. The van der Waals surface area contributed by atoms with Crippen LogP contribution in [0.4, 0.5) is 18.9 Å². The van der Waals surface area contributed by atoms with Crippen molar-refractivity contribution >= 4 is 29.4 Å². The number of halogens is 3. The number of hydrogen-bond acceptors (Lipinski definition) is 5. The Kier molecular flexibility index (Phi) is 7.60. The Hall–Kier alpha value is -3.82. The van der Waals surface area contributed by atoms with E-state index < -0.39 is 29.3 Å². The van der Waals surface area contributed by atoms with Gasteiger partial charge in [-0.2, -0.15) is 23.3 Å². The van der Waals surface area contributed by atoms with Crippen LogP contribution in [-0.2, 0) is 4.79 Å². The van der Waals surface area contributed by atoms with E-state index in [1.54, 1.807) is 13.0 Å². The topological polar surface area (TPSA) is 88.4 Å². The van der Waals surface area contributed by atoms with Gasteiger partial charge in [0.2, 0.25) is 0 Å². The van der Waals surface area contributed by atoms with Crippen LogP contribution in [0.5, 0.6) is 11.5 Å². The lowest BCUT2D eigenvalue weighted by Gasteiger charge is -2.13. The maximum absolute atomic E-state index is 13.7. The number of amides is 1. The molecule has 0 aliphatic carbocycles. The number of aromatic carboxylic acids is 1. The summed E-state index contributed by atoms with van der Waals surface area (Å²) in [5.41, 5.74) is -1.75. The first-order chi connectivity index (χ1) is 16.2. The summed E-state index contributed by atoms with van der Waals surface area (Å²) in [6, 6.07) is 9.42. The van der Waals surface area contributed by atoms with Crippen molar-refractivity contribution in [3.8, 4) is 11.5 Å². The number of rotatable bonds is 9. The molecule has 0 spiro atoms. The van der Waals surface area contributed by atoms with Gasteiger partial charge in [0, 0.05) is 0 Å². The molecule has 0 bridgehead atoms. The van der Waals surface area contributed by atoms with Crippen molar-refractivity contribution in [1.82, 2.24) is 0 Å². The zero-order chi connectivity index (χ0) is 24.9. The zero-order valence-corrected chi connectivity index (χ0v) is 18.6. The van der Waals surface area contributed by atoms with Crippen molar-refractivity contribution < 1.29 is 37.3 Å². The third-order valence-electron chi connectivity index (χ3n) is 4.84. The highest BCUT2D eigenvalue weighted by Crippen LogP contribution is 2.34. The number of carboxylic acids is 1. The molecule has 1 aliphatic rings. The molecule has 1 heterocycles. The molecule has 1 N–H and O–H groups in total. The van der Waals surface area contributed by atoms with Crippen LogP contribution in [0.3, 0.4) is 0 Å². The third-order valence-corrected chi connectivity index (χ3v) is 4.84. The minimum Gasteiger partial charge on any atom is -0.490 e. The summed E-state index contributed by atoms with van der Waals surface area (Å²) < 4.78 is 52.4. The minimum absolute atomic E-state index is 0.00910. The quantitative estimate of drug-likeness (QED) is 0.391. The molecular weight excluding hydrogens is 453 g/mol. The van der Waals surface area contributed by atoms with Crippen LogP contribution in [0.1, 0.15) is 42.6 Å². The molecule has 3 rings (SSSR count). The number of alkyl halides is 3. The van der Waals surface area contributed by atoms with Crippen LogP contribution in [0.25, 0.3) is 6.08 Å². The van der Waals surface area contributed by atoms with Crippen LogP contribution in [0.2, 0.25) is 0 Å². The monoisotopic (exact) mass is 476 g/mol. The van der Waals surface area contributed by atoms with E-state index in [1.165, 1.54) is 36.4 Å². The van der Waals surface area contributed by atoms with E-state index in [2.05, 4.69) is 5.10 Å². The van der Waals surface area contributed by atoms with Crippen molar-refractivity contribution in [2.75, 3.05) is 18.2 Å². The summed E-state index contributed by atoms with van der Waals surface area (Å²) in [5.74, 6) is -1.38. The van der Waals surface area contributed by atoms with E-state index in [1.807, 2.05) is 6.92 Å². The fourth-order valence-electron chi connectivity index (χ4n) is 3.17. The molecular formula is C24H23F3N2O5. The fraction of sp³-hybridized carbons (Fsp3) is 0.292. The summed E-state index contributed by atoms with van der Waals surface area (Å²) in [6.07, 6.45) is -2.02. The van der Waals surface area contributed by atoms with E-state index in [-0.39, 0.29) is 11.3 Å². The average molecular weight is 476 g/mol. The second-order valence-electron chi connectivity index (χ2n) is 7.31. The van der Waals surface area contributed by atoms with Gasteiger partial charge in [-0.15, -0.1) is 0 Å². The number of carboxylic acid groups (broad SMARTS) is 1. The first-order valence-electron chi connectivity index (χ1n) is 10.6. The van der Waals surface area contributed by atoms with Crippen molar-refractivity contribution in [2.45, 2.75) is 32.9 Å². The number of nitrogens with zero attached hydrogens (tertiary/aromatic N) is 2. The molecule has 180 valence electrons. The van der Waals surface area contributed by atoms with Gasteiger partial charge in [0.25, 0.3) is 5.91 Å². The van der Waals surface area contributed by atoms with Crippen molar-refractivity contribution in [2.24, 2.45) is 5.10 Å². The molecule has 1 aliphatic heterocycles. The van der Waals surface area contributed by atoms with Gasteiger partial charge >= 0.3 is 12.1 Å². The molecule has 0 saturated heterocycles. The highest BCUT2D eigenvalue weighted by Gasteiger charge is 2.46. The lowest BCUT2D eigenvalue weighted by atomic mass is 10.1. The standard InChI is InChI=1S/C24H23F3N2O5/c1-3-5-12-34-19-11-6-15(14-20(19)33-4-2)13-18-21(24(25,26)27)28-29(22(18)30)17-9-7-16(8-10-17)23(31)32/h6-11,13-14H,3-5,12H2,1-2H3,(H,31,32). The molecule has 0 atom stereocenters. The first kappa shape index (κ1) is 24.8. The van der Waals surface area contributed by atoms with E-state index >= 15 is 0 Å². The van der Waals surface area contributed by atoms with Crippen LogP contribution in [-0.4, -0.2) is 42.1 Å². The summed E-state index contributed by atoms with van der Waals surface area (Å²) in [6.45, 7) is 4.57. The van der Waals surface area contributed by atoms with Gasteiger partial charge < -0.3 is 14.6 Å². The fourth-order valence-corrected chi connectivity index (χ4v) is 3.17. The molecule has 2 aromatic carbocycles. The highest BCUT2D eigenvalue weighted by molar-refractivity contribution is 6.34. The summed E-state index contributed by atoms with van der Waals surface area (Å²) in [7, 11) is 0. The van der Waals surface area contributed by atoms with Crippen molar-refractivity contribution in [3.05, 3.63) is 59.2 Å². The van der Waals surface area contributed by atoms with Gasteiger partial charge in [-0.3, -0.25) is 4.79 Å². The molecule has 0 aromatic heterocycles. The highest BCUT2D eigenvalue weighted by atomic mass is 19.4. The molecule has 1 amide bonds. The Balaban J connectivity index is 1.97. The second kappa shape index (κ2) is 10.4. The number of ether oxygens (including phenoxy) is 2. The summed E-state index contributed by atoms with van der Waals surface area (Å²) in [4.78, 5) is 23.9. The first-order valence-corrected chi connectivity index (χ1v) is 10.6. The van der Waals surface area contributed by atoms with Crippen LogP contribution >= 0.6 is 0 Å². The SMILES string of the molecule is CCCCOc1ccc(C=C2C(=O)N(c3ccc(C(=O)O)cc3)N=C2C(F)(F)F)cc1OCC. The lowest BCUT2D eigenvalue weighted by molar-refractivity contribution is -0.114. The summed E-state index contributed by atoms with van der Waals surface area (Å²) in [5, 5.41) is 13.1. The zero-order valence-electron chi connectivity index (χ0n) is 18.6.